The Kier molecular flexibility index (Phi) is 7.42. The number of ketones is 1. The van der Waals surface area contributed by atoms with Gasteiger partial charge in [-0.25, -0.2) is 9.67 Å². The van der Waals surface area contributed by atoms with Crippen LogP contribution in [0.25, 0.3) is 5.82 Å². The molecule has 3 aromatic heterocycles. The van der Waals surface area contributed by atoms with Crippen molar-refractivity contribution in [3.05, 3.63) is 70.4 Å². The highest BCUT2D eigenvalue weighted by molar-refractivity contribution is 5.98. The maximum Gasteiger partial charge on any atom is 0.170 e. The Morgan fingerprint density at radius 2 is 1.97 bits per heavy atom. The van der Waals surface area contributed by atoms with E-state index in [0.717, 1.165) is 68.0 Å². The van der Waals surface area contributed by atoms with Crippen LogP contribution in [0.15, 0.2) is 36.7 Å². The molecule has 0 N–H and O–H groups in total. The van der Waals surface area contributed by atoms with E-state index in [1.165, 1.54) is 5.56 Å². The van der Waals surface area contributed by atoms with Crippen LogP contribution in [0.1, 0.15) is 71.7 Å². The Hall–Kier alpha value is -3.41. The Morgan fingerprint density at radius 3 is 2.58 bits per heavy atom. The summed E-state index contributed by atoms with van der Waals surface area (Å²) in [4.78, 5) is 25.0. The minimum absolute atomic E-state index is 0.0126. The monoisotopic (exact) mass is 512 g/mol. The van der Waals surface area contributed by atoms with Crippen LogP contribution >= 0.6 is 0 Å². The predicted molar refractivity (Wildman–Crippen MR) is 144 cm³/mol. The van der Waals surface area contributed by atoms with Gasteiger partial charge in [-0.3, -0.25) is 14.7 Å². The molecule has 198 valence electrons. The fraction of sp³-hybridized carbons (Fsp3) is 0.500. The smallest absolute Gasteiger partial charge is 0.170 e. The second-order valence-electron chi connectivity index (χ2n) is 10.6. The van der Waals surface area contributed by atoms with Gasteiger partial charge in [0.05, 0.1) is 35.3 Å². The van der Waals surface area contributed by atoms with Crippen LogP contribution in [0.2, 0.25) is 0 Å². The van der Waals surface area contributed by atoms with Crippen molar-refractivity contribution in [3.63, 3.8) is 0 Å². The van der Waals surface area contributed by atoms with Crippen LogP contribution in [-0.4, -0.2) is 62.3 Å². The first-order valence-corrected chi connectivity index (χ1v) is 13.6. The van der Waals surface area contributed by atoms with Gasteiger partial charge in [-0.1, -0.05) is 19.1 Å². The second-order valence-corrected chi connectivity index (χ2v) is 10.6. The van der Waals surface area contributed by atoms with Gasteiger partial charge in [-0.05, 0) is 69.7 Å². The highest BCUT2D eigenvalue weighted by Crippen LogP contribution is 2.36. The fourth-order valence-electron chi connectivity index (χ4n) is 5.94. The third-order valence-corrected chi connectivity index (χ3v) is 8.44. The van der Waals surface area contributed by atoms with Gasteiger partial charge in [0, 0.05) is 44.0 Å². The number of piperidine rings is 1. The number of hydrogen-bond acceptors (Lipinski definition) is 7. The summed E-state index contributed by atoms with van der Waals surface area (Å²) < 4.78 is 7.47. The van der Waals surface area contributed by atoms with Gasteiger partial charge in [-0.15, -0.1) is 0 Å². The maximum atomic E-state index is 13.2. The molecule has 2 aliphatic heterocycles. The van der Waals surface area contributed by atoms with E-state index >= 15 is 0 Å². The molecule has 2 aliphatic rings. The minimum atomic E-state index is -0.585. The Bertz CT molecular complexity index is 1350. The van der Waals surface area contributed by atoms with Gasteiger partial charge < -0.3 is 4.74 Å². The van der Waals surface area contributed by atoms with Crippen LogP contribution in [0.4, 0.5) is 0 Å². The molecule has 5 heterocycles. The lowest BCUT2D eigenvalue weighted by Crippen LogP contribution is -2.48. The average molecular weight is 513 g/mol. The van der Waals surface area contributed by atoms with Crippen molar-refractivity contribution in [2.24, 2.45) is 0 Å². The SMILES string of the molecule is CCc1ccc(-n2ncc(C(=O)Cc3ccc(C4(C#N)CCN(C5CCOC5C)CC4)nc3)c2C)nc1C. The summed E-state index contributed by atoms with van der Waals surface area (Å²) >= 11 is 0. The van der Waals surface area contributed by atoms with E-state index in [4.69, 9.17) is 4.74 Å². The number of nitrogens with zero attached hydrogens (tertiary/aromatic N) is 6. The van der Waals surface area contributed by atoms with E-state index in [1.807, 2.05) is 32.0 Å². The maximum absolute atomic E-state index is 13.2. The van der Waals surface area contributed by atoms with Crippen molar-refractivity contribution in [2.45, 2.75) is 77.4 Å². The summed E-state index contributed by atoms with van der Waals surface area (Å²) in [5, 5.41) is 14.6. The highest BCUT2D eigenvalue weighted by Gasteiger charge is 2.41. The molecule has 3 aromatic rings. The standard InChI is InChI=1S/C30H36N6O2/c1-5-24-7-9-29(34-20(24)2)36-21(3)25(18-33-36)27(37)16-23-6-8-28(32-17-23)30(19-31)11-13-35(14-12-30)26-10-15-38-22(26)4/h6-9,17-18,22,26H,5,10-16H2,1-4H3. The molecule has 0 saturated carbocycles. The van der Waals surface area contributed by atoms with Crippen molar-refractivity contribution in [1.82, 2.24) is 24.6 Å². The van der Waals surface area contributed by atoms with Crippen molar-refractivity contribution in [3.8, 4) is 11.9 Å². The molecule has 2 unspecified atom stereocenters. The number of pyridine rings is 2. The van der Waals surface area contributed by atoms with E-state index < -0.39 is 5.41 Å². The molecule has 0 aliphatic carbocycles. The van der Waals surface area contributed by atoms with Gasteiger partial charge in [0.25, 0.3) is 0 Å². The summed E-state index contributed by atoms with van der Waals surface area (Å²) in [5.74, 6) is 0.700. The lowest BCUT2D eigenvalue weighted by atomic mass is 9.76. The molecule has 8 nitrogen and oxygen atoms in total. The first-order valence-electron chi connectivity index (χ1n) is 13.6. The molecule has 2 saturated heterocycles. The lowest BCUT2D eigenvalue weighted by Gasteiger charge is -2.40. The zero-order chi connectivity index (χ0) is 26.9. The Balaban J connectivity index is 1.26. The number of ether oxygens (including phenoxy) is 1. The highest BCUT2D eigenvalue weighted by atomic mass is 16.5. The number of hydrogen-bond donors (Lipinski definition) is 0. The summed E-state index contributed by atoms with van der Waals surface area (Å²) in [7, 11) is 0. The van der Waals surface area contributed by atoms with Crippen LogP contribution in [0.3, 0.4) is 0 Å². The number of rotatable bonds is 7. The number of carbonyl (C=O) groups is 1. The van der Waals surface area contributed by atoms with Gasteiger partial charge in [-0.2, -0.15) is 10.4 Å². The molecule has 0 aromatic carbocycles. The van der Waals surface area contributed by atoms with Gasteiger partial charge in [0.15, 0.2) is 11.6 Å². The molecule has 2 fully saturated rings. The van der Waals surface area contributed by atoms with E-state index in [9.17, 15) is 10.1 Å². The summed E-state index contributed by atoms with van der Waals surface area (Å²) in [6.45, 7) is 10.7. The van der Waals surface area contributed by atoms with Gasteiger partial charge in [0.2, 0.25) is 0 Å². The normalized spacial score (nSPS) is 21.3. The van der Waals surface area contributed by atoms with Crippen LogP contribution in [0.5, 0.6) is 0 Å². The van der Waals surface area contributed by atoms with E-state index in [2.05, 4.69) is 45.9 Å². The number of aromatic nitrogens is 4. The first-order chi connectivity index (χ1) is 18.3. The largest absolute Gasteiger partial charge is 0.377 e. The molecule has 0 radical (unpaired) electrons. The molecular weight excluding hydrogens is 476 g/mol. The molecule has 2 atom stereocenters. The lowest BCUT2D eigenvalue weighted by molar-refractivity contribution is 0.0570. The molecule has 38 heavy (non-hydrogen) atoms. The van der Waals surface area contributed by atoms with Crippen molar-refractivity contribution >= 4 is 5.78 Å². The van der Waals surface area contributed by atoms with Crippen LogP contribution in [0, 0.1) is 25.2 Å². The van der Waals surface area contributed by atoms with Crippen molar-refractivity contribution in [2.75, 3.05) is 19.7 Å². The second kappa shape index (κ2) is 10.8. The topological polar surface area (TPSA) is 96.9 Å². The average Bonchev–Trinajstić information content (AvgIpc) is 3.54. The van der Waals surface area contributed by atoms with Crippen LogP contribution < -0.4 is 0 Å². The summed E-state index contributed by atoms with van der Waals surface area (Å²) in [5.41, 5.74) is 4.57. The molecule has 0 spiro atoms. The molecule has 0 amide bonds. The number of aryl methyl sites for hydroxylation is 2. The number of nitriles is 1. The Labute approximate surface area is 224 Å². The number of carbonyl (C=O) groups excluding carboxylic acids is 1. The quantitative estimate of drug-likeness (QED) is 0.435. The minimum Gasteiger partial charge on any atom is -0.377 e. The third kappa shape index (κ3) is 4.89. The summed E-state index contributed by atoms with van der Waals surface area (Å²) in [6.07, 6.45) is 7.34. The van der Waals surface area contributed by atoms with Crippen molar-refractivity contribution < 1.29 is 9.53 Å². The zero-order valence-corrected chi connectivity index (χ0v) is 22.8. The number of likely N-dealkylation sites (tertiary alicyclic amines) is 1. The summed E-state index contributed by atoms with van der Waals surface area (Å²) in [6, 6.07) is 10.9. The predicted octanol–water partition coefficient (Wildman–Crippen LogP) is 4.30. The molecule has 0 bridgehead atoms. The number of Topliss-reactive ketones (excluding diaryl/α,β-unsaturated/α-hetero) is 1. The van der Waals surface area contributed by atoms with Crippen molar-refractivity contribution in [1.29, 1.82) is 5.26 Å². The molecular formula is C30H36N6O2. The Morgan fingerprint density at radius 1 is 1.18 bits per heavy atom. The van der Waals surface area contributed by atoms with E-state index in [0.29, 0.717) is 17.4 Å². The fourth-order valence-corrected chi connectivity index (χ4v) is 5.94. The van der Waals surface area contributed by atoms with E-state index in [-0.39, 0.29) is 18.3 Å². The molecule has 8 heteroatoms. The van der Waals surface area contributed by atoms with Gasteiger partial charge in [0.1, 0.15) is 5.41 Å². The van der Waals surface area contributed by atoms with Gasteiger partial charge >= 0.3 is 0 Å². The third-order valence-electron chi connectivity index (χ3n) is 8.44. The van der Waals surface area contributed by atoms with Crippen LogP contribution in [-0.2, 0) is 23.0 Å². The zero-order valence-electron chi connectivity index (χ0n) is 22.8. The van der Waals surface area contributed by atoms with E-state index in [1.54, 1.807) is 17.1 Å². The molecule has 5 rings (SSSR count). The first kappa shape index (κ1) is 26.2.